The SMILES string of the molecule is Cc1ccccc1CN(C)C(=O)c1cccc(O)c1O. The Morgan fingerprint density at radius 3 is 2.50 bits per heavy atom. The van der Waals surface area contributed by atoms with E-state index in [2.05, 4.69) is 0 Å². The molecule has 0 heterocycles. The van der Waals surface area contributed by atoms with Gasteiger partial charge in [-0.25, -0.2) is 0 Å². The molecule has 2 N–H and O–H groups in total. The Morgan fingerprint density at radius 2 is 1.80 bits per heavy atom. The number of phenolic OH excluding ortho intramolecular Hbond substituents is 2. The van der Waals surface area contributed by atoms with Crippen molar-refractivity contribution in [1.82, 2.24) is 4.90 Å². The van der Waals surface area contributed by atoms with Crippen LogP contribution in [0.25, 0.3) is 0 Å². The smallest absolute Gasteiger partial charge is 0.257 e. The average molecular weight is 271 g/mol. The van der Waals surface area contributed by atoms with Crippen molar-refractivity contribution in [3.05, 3.63) is 59.2 Å². The summed E-state index contributed by atoms with van der Waals surface area (Å²) in [4.78, 5) is 13.8. The molecule has 104 valence electrons. The third kappa shape index (κ3) is 2.74. The molecule has 0 unspecified atom stereocenters. The minimum atomic E-state index is -0.380. The lowest BCUT2D eigenvalue weighted by molar-refractivity contribution is 0.0781. The van der Waals surface area contributed by atoms with Crippen LogP contribution in [-0.4, -0.2) is 28.1 Å². The lowest BCUT2D eigenvalue weighted by Gasteiger charge is -2.19. The summed E-state index contributed by atoms with van der Waals surface area (Å²) in [6.07, 6.45) is 0. The number of amides is 1. The number of benzene rings is 2. The molecule has 0 saturated carbocycles. The molecule has 0 spiro atoms. The van der Waals surface area contributed by atoms with E-state index in [1.165, 1.54) is 23.1 Å². The highest BCUT2D eigenvalue weighted by molar-refractivity contribution is 5.97. The van der Waals surface area contributed by atoms with E-state index in [-0.39, 0.29) is 23.0 Å². The van der Waals surface area contributed by atoms with Crippen LogP contribution in [-0.2, 0) is 6.54 Å². The van der Waals surface area contributed by atoms with E-state index in [9.17, 15) is 15.0 Å². The summed E-state index contributed by atoms with van der Waals surface area (Å²) in [6, 6.07) is 12.2. The fourth-order valence-electron chi connectivity index (χ4n) is 2.02. The van der Waals surface area contributed by atoms with Gasteiger partial charge in [0.25, 0.3) is 5.91 Å². The number of phenols is 2. The van der Waals surface area contributed by atoms with Crippen molar-refractivity contribution in [2.75, 3.05) is 7.05 Å². The van der Waals surface area contributed by atoms with Gasteiger partial charge in [0.1, 0.15) is 0 Å². The zero-order chi connectivity index (χ0) is 14.7. The van der Waals surface area contributed by atoms with E-state index in [1.807, 2.05) is 31.2 Å². The molecule has 0 aliphatic rings. The number of hydrogen-bond acceptors (Lipinski definition) is 3. The molecule has 0 fully saturated rings. The van der Waals surface area contributed by atoms with Crippen molar-refractivity contribution >= 4 is 5.91 Å². The maximum atomic E-state index is 12.3. The van der Waals surface area contributed by atoms with Crippen LogP contribution in [0.4, 0.5) is 0 Å². The van der Waals surface area contributed by atoms with Crippen molar-refractivity contribution in [3.63, 3.8) is 0 Å². The van der Waals surface area contributed by atoms with Crippen molar-refractivity contribution in [3.8, 4) is 11.5 Å². The second kappa shape index (κ2) is 5.65. The van der Waals surface area contributed by atoms with Crippen LogP contribution < -0.4 is 0 Å². The molecule has 2 aromatic rings. The molecule has 0 saturated heterocycles. The number of aromatic hydroxyl groups is 2. The summed E-state index contributed by atoms with van der Waals surface area (Å²) in [7, 11) is 1.66. The van der Waals surface area contributed by atoms with E-state index in [1.54, 1.807) is 7.05 Å². The third-order valence-electron chi connectivity index (χ3n) is 3.26. The molecule has 0 aromatic heterocycles. The van der Waals surface area contributed by atoms with Crippen molar-refractivity contribution in [2.24, 2.45) is 0 Å². The first-order valence-corrected chi connectivity index (χ1v) is 6.31. The summed E-state index contributed by atoms with van der Waals surface area (Å²) < 4.78 is 0. The van der Waals surface area contributed by atoms with Gasteiger partial charge in [0.05, 0.1) is 5.56 Å². The van der Waals surface area contributed by atoms with Crippen molar-refractivity contribution in [2.45, 2.75) is 13.5 Å². The number of rotatable bonds is 3. The fraction of sp³-hybridized carbons (Fsp3) is 0.188. The first-order valence-electron chi connectivity index (χ1n) is 6.31. The van der Waals surface area contributed by atoms with Crippen LogP contribution in [0, 0.1) is 6.92 Å². The minimum absolute atomic E-state index is 0.0982. The van der Waals surface area contributed by atoms with E-state index in [0.29, 0.717) is 6.54 Å². The first-order chi connectivity index (χ1) is 9.50. The van der Waals surface area contributed by atoms with Crippen molar-refractivity contribution < 1.29 is 15.0 Å². The van der Waals surface area contributed by atoms with Crippen LogP contribution in [0.15, 0.2) is 42.5 Å². The molecule has 1 amide bonds. The van der Waals surface area contributed by atoms with Gasteiger partial charge in [-0.1, -0.05) is 30.3 Å². The molecule has 0 aliphatic carbocycles. The molecular weight excluding hydrogens is 254 g/mol. The number of carbonyl (C=O) groups is 1. The Hall–Kier alpha value is -2.49. The maximum absolute atomic E-state index is 12.3. The van der Waals surface area contributed by atoms with Gasteiger partial charge in [-0.15, -0.1) is 0 Å². The van der Waals surface area contributed by atoms with E-state index < -0.39 is 0 Å². The molecule has 2 aromatic carbocycles. The van der Waals surface area contributed by atoms with Gasteiger partial charge in [0.15, 0.2) is 11.5 Å². The van der Waals surface area contributed by atoms with E-state index in [4.69, 9.17) is 0 Å². The summed E-state index contributed by atoms with van der Waals surface area (Å²) in [5, 5.41) is 19.2. The Morgan fingerprint density at radius 1 is 1.10 bits per heavy atom. The first kappa shape index (κ1) is 13.9. The second-order valence-electron chi connectivity index (χ2n) is 4.76. The van der Waals surface area contributed by atoms with Gasteiger partial charge in [-0.3, -0.25) is 4.79 Å². The summed E-state index contributed by atoms with van der Waals surface area (Å²) >= 11 is 0. The van der Waals surface area contributed by atoms with E-state index >= 15 is 0 Å². The third-order valence-corrected chi connectivity index (χ3v) is 3.26. The Balaban J connectivity index is 2.21. The van der Waals surface area contributed by atoms with Crippen molar-refractivity contribution in [1.29, 1.82) is 0 Å². The van der Waals surface area contributed by atoms with Crippen LogP contribution in [0.5, 0.6) is 11.5 Å². The molecule has 0 atom stereocenters. The normalized spacial score (nSPS) is 10.3. The highest BCUT2D eigenvalue weighted by Gasteiger charge is 2.18. The van der Waals surface area contributed by atoms with Gasteiger partial charge >= 0.3 is 0 Å². The Bertz CT molecular complexity index is 637. The molecule has 0 bridgehead atoms. The maximum Gasteiger partial charge on any atom is 0.257 e. The van der Waals surface area contributed by atoms with Gasteiger partial charge in [-0.05, 0) is 30.2 Å². The standard InChI is InChI=1S/C16H17NO3/c1-11-6-3-4-7-12(11)10-17(2)16(20)13-8-5-9-14(18)15(13)19/h3-9,18-19H,10H2,1-2H3. The Kier molecular flexibility index (Phi) is 3.94. The van der Waals surface area contributed by atoms with Gasteiger partial charge in [0, 0.05) is 13.6 Å². The van der Waals surface area contributed by atoms with Crippen LogP contribution in [0.1, 0.15) is 21.5 Å². The van der Waals surface area contributed by atoms with Crippen LogP contribution >= 0.6 is 0 Å². The molecule has 20 heavy (non-hydrogen) atoms. The highest BCUT2D eigenvalue weighted by atomic mass is 16.3. The number of aryl methyl sites for hydroxylation is 1. The lowest BCUT2D eigenvalue weighted by atomic mass is 10.1. The lowest BCUT2D eigenvalue weighted by Crippen LogP contribution is -2.26. The number of para-hydroxylation sites is 1. The molecule has 0 aliphatic heterocycles. The molecule has 4 nitrogen and oxygen atoms in total. The largest absolute Gasteiger partial charge is 0.504 e. The van der Waals surface area contributed by atoms with Gasteiger partial charge < -0.3 is 15.1 Å². The molecule has 0 radical (unpaired) electrons. The fourth-order valence-corrected chi connectivity index (χ4v) is 2.02. The molecule has 2 rings (SSSR count). The number of nitrogens with zero attached hydrogens (tertiary/aromatic N) is 1. The topological polar surface area (TPSA) is 60.8 Å². The minimum Gasteiger partial charge on any atom is -0.504 e. The quantitative estimate of drug-likeness (QED) is 0.844. The zero-order valence-electron chi connectivity index (χ0n) is 11.5. The predicted molar refractivity (Wildman–Crippen MR) is 76.7 cm³/mol. The average Bonchev–Trinajstić information content (AvgIpc) is 2.43. The van der Waals surface area contributed by atoms with Crippen LogP contribution in [0.3, 0.4) is 0 Å². The van der Waals surface area contributed by atoms with Crippen LogP contribution in [0.2, 0.25) is 0 Å². The zero-order valence-corrected chi connectivity index (χ0v) is 11.5. The monoisotopic (exact) mass is 271 g/mol. The molecule has 4 heteroatoms. The van der Waals surface area contributed by atoms with Gasteiger partial charge in [-0.2, -0.15) is 0 Å². The van der Waals surface area contributed by atoms with Gasteiger partial charge in [0.2, 0.25) is 0 Å². The summed E-state index contributed by atoms with van der Waals surface area (Å²) in [6.45, 7) is 2.43. The predicted octanol–water partition coefficient (Wildman–Crippen LogP) is 2.68. The second-order valence-corrected chi connectivity index (χ2v) is 4.76. The highest BCUT2D eigenvalue weighted by Crippen LogP contribution is 2.29. The van der Waals surface area contributed by atoms with E-state index in [0.717, 1.165) is 11.1 Å². The number of hydrogen-bond donors (Lipinski definition) is 2. The Labute approximate surface area is 117 Å². The molecular formula is C16H17NO3. The number of carbonyl (C=O) groups excluding carboxylic acids is 1. The summed E-state index contributed by atoms with van der Waals surface area (Å²) in [5.41, 5.74) is 2.25. The summed E-state index contributed by atoms with van der Waals surface area (Å²) in [5.74, 6) is -1.00.